The summed E-state index contributed by atoms with van der Waals surface area (Å²) in [7, 11) is -3.51. The number of nitrogens with one attached hydrogen (secondary N) is 2. The van der Waals surface area contributed by atoms with E-state index >= 15 is 0 Å². The molecule has 0 bridgehead atoms. The Morgan fingerprint density at radius 2 is 2.00 bits per heavy atom. The lowest BCUT2D eigenvalue weighted by Crippen LogP contribution is -2.40. The van der Waals surface area contributed by atoms with E-state index in [1.54, 1.807) is 6.07 Å². The largest absolute Gasteiger partial charge is 0.315 e. The molecule has 7 heteroatoms. The van der Waals surface area contributed by atoms with Gasteiger partial charge in [-0.25, -0.2) is 13.1 Å². The van der Waals surface area contributed by atoms with Crippen molar-refractivity contribution in [1.29, 1.82) is 0 Å². The van der Waals surface area contributed by atoms with Crippen molar-refractivity contribution in [2.75, 3.05) is 13.1 Å². The number of halogens is 2. The minimum atomic E-state index is -3.51. The normalized spacial score (nSPS) is 20.6. The predicted molar refractivity (Wildman–Crippen MR) is 87.4 cm³/mol. The van der Waals surface area contributed by atoms with Crippen molar-refractivity contribution in [3.63, 3.8) is 0 Å². The van der Waals surface area contributed by atoms with Crippen LogP contribution in [0.1, 0.15) is 24.8 Å². The van der Waals surface area contributed by atoms with Gasteiger partial charge in [-0.2, -0.15) is 0 Å². The summed E-state index contributed by atoms with van der Waals surface area (Å²) in [4.78, 5) is 0.277. The second-order valence-electron chi connectivity index (χ2n) is 5.05. The van der Waals surface area contributed by atoms with E-state index < -0.39 is 10.0 Å². The Bertz CT molecular complexity index is 582. The summed E-state index contributed by atoms with van der Waals surface area (Å²) < 4.78 is 29.2. The van der Waals surface area contributed by atoms with E-state index in [2.05, 4.69) is 41.9 Å². The van der Waals surface area contributed by atoms with E-state index in [0.29, 0.717) is 11.0 Å². The van der Waals surface area contributed by atoms with E-state index in [0.717, 1.165) is 35.8 Å². The van der Waals surface area contributed by atoms with Crippen molar-refractivity contribution in [1.82, 2.24) is 10.0 Å². The fourth-order valence-corrected chi connectivity index (χ4v) is 5.18. The number of benzene rings is 1. The van der Waals surface area contributed by atoms with Crippen LogP contribution in [0, 0.1) is 6.92 Å². The molecule has 1 saturated heterocycles. The van der Waals surface area contributed by atoms with E-state index in [4.69, 9.17) is 0 Å². The monoisotopic (exact) mass is 424 g/mol. The van der Waals surface area contributed by atoms with Gasteiger partial charge in [0.25, 0.3) is 0 Å². The lowest BCUT2D eigenvalue weighted by molar-refractivity contribution is 0.521. The lowest BCUT2D eigenvalue weighted by Gasteiger charge is -2.17. The Morgan fingerprint density at radius 1 is 1.25 bits per heavy atom. The number of hydrogen-bond acceptors (Lipinski definition) is 3. The molecule has 1 aromatic carbocycles. The van der Waals surface area contributed by atoms with Crippen LogP contribution in [0.4, 0.5) is 0 Å². The molecule has 1 aliphatic rings. The third-order valence-electron chi connectivity index (χ3n) is 3.37. The predicted octanol–water partition coefficient (Wildman–Crippen LogP) is 2.94. The van der Waals surface area contributed by atoms with Crippen molar-refractivity contribution >= 4 is 41.9 Å². The maximum atomic E-state index is 12.5. The molecular weight excluding hydrogens is 408 g/mol. The van der Waals surface area contributed by atoms with Crippen LogP contribution < -0.4 is 10.0 Å². The number of rotatable bonds is 3. The number of sulfonamides is 1. The van der Waals surface area contributed by atoms with Gasteiger partial charge in [0.05, 0.1) is 4.90 Å². The molecule has 1 aliphatic heterocycles. The zero-order valence-corrected chi connectivity index (χ0v) is 15.2. The SMILES string of the molecule is Cc1cc(Br)c(S(=O)(=O)NC2CCCCNC2)cc1Br. The Morgan fingerprint density at radius 3 is 2.75 bits per heavy atom. The highest BCUT2D eigenvalue weighted by molar-refractivity contribution is 9.11. The molecule has 0 saturated carbocycles. The van der Waals surface area contributed by atoms with Gasteiger partial charge in [-0.15, -0.1) is 0 Å². The summed E-state index contributed by atoms with van der Waals surface area (Å²) in [5.74, 6) is 0. The number of hydrogen-bond donors (Lipinski definition) is 2. The van der Waals surface area contributed by atoms with E-state index in [1.165, 1.54) is 0 Å². The molecule has 1 fully saturated rings. The van der Waals surface area contributed by atoms with Crippen molar-refractivity contribution in [3.8, 4) is 0 Å². The van der Waals surface area contributed by atoms with Gasteiger partial charge < -0.3 is 5.32 Å². The Hall–Kier alpha value is 0.0500. The molecular formula is C13H18Br2N2O2S. The Kier molecular flexibility index (Phi) is 5.64. The molecule has 20 heavy (non-hydrogen) atoms. The first-order valence-corrected chi connectivity index (χ1v) is 9.66. The fourth-order valence-electron chi connectivity index (χ4n) is 2.24. The van der Waals surface area contributed by atoms with Crippen LogP contribution in [0.5, 0.6) is 0 Å². The summed E-state index contributed by atoms with van der Waals surface area (Å²) in [5, 5.41) is 3.26. The summed E-state index contributed by atoms with van der Waals surface area (Å²) in [5.41, 5.74) is 0.993. The van der Waals surface area contributed by atoms with Gasteiger partial charge >= 0.3 is 0 Å². The van der Waals surface area contributed by atoms with Gasteiger partial charge in [0, 0.05) is 21.5 Å². The molecule has 0 amide bonds. The number of aryl methyl sites for hydroxylation is 1. The first-order chi connectivity index (χ1) is 9.40. The average Bonchev–Trinajstić information content (AvgIpc) is 2.61. The summed E-state index contributed by atoms with van der Waals surface area (Å²) in [6, 6.07) is 3.41. The van der Waals surface area contributed by atoms with Crippen LogP contribution in [0.25, 0.3) is 0 Å². The summed E-state index contributed by atoms with van der Waals surface area (Å²) in [6.07, 6.45) is 3.01. The molecule has 1 unspecified atom stereocenters. The van der Waals surface area contributed by atoms with Crippen LogP contribution in [0.15, 0.2) is 26.0 Å². The third kappa shape index (κ3) is 4.04. The quantitative estimate of drug-likeness (QED) is 0.782. The second-order valence-corrected chi connectivity index (χ2v) is 8.44. The van der Waals surface area contributed by atoms with Gasteiger partial charge in [-0.3, -0.25) is 0 Å². The van der Waals surface area contributed by atoms with Crippen molar-refractivity contribution < 1.29 is 8.42 Å². The van der Waals surface area contributed by atoms with Crippen LogP contribution in [0.2, 0.25) is 0 Å². The lowest BCUT2D eigenvalue weighted by atomic mass is 10.2. The van der Waals surface area contributed by atoms with Gasteiger partial charge in [0.1, 0.15) is 0 Å². The maximum Gasteiger partial charge on any atom is 0.242 e. The zero-order valence-electron chi connectivity index (χ0n) is 11.2. The highest BCUT2D eigenvalue weighted by Crippen LogP contribution is 2.29. The van der Waals surface area contributed by atoms with Crippen LogP contribution in [-0.4, -0.2) is 27.5 Å². The Balaban J connectivity index is 2.23. The molecule has 112 valence electrons. The van der Waals surface area contributed by atoms with Crippen LogP contribution in [0.3, 0.4) is 0 Å². The molecule has 0 spiro atoms. The fraction of sp³-hybridized carbons (Fsp3) is 0.538. The first-order valence-electron chi connectivity index (χ1n) is 6.59. The topological polar surface area (TPSA) is 58.2 Å². The Labute approximate surface area is 137 Å². The van der Waals surface area contributed by atoms with Crippen LogP contribution >= 0.6 is 31.9 Å². The molecule has 0 aliphatic carbocycles. The average molecular weight is 426 g/mol. The molecule has 2 rings (SSSR count). The molecule has 1 heterocycles. The standard InChI is InChI=1S/C13H18Br2N2O2S/c1-9-6-12(15)13(7-11(9)14)20(18,19)17-10-4-2-3-5-16-8-10/h6-7,10,16-17H,2-5,8H2,1H3. The van der Waals surface area contributed by atoms with Gasteiger partial charge in [0.2, 0.25) is 10.0 Å². The van der Waals surface area contributed by atoms with E-state index in [-0.39, 0.29) is 10.9 Å². The van der Waals surface area contributed by atoms with E-state index in [1.807, 2.05) is 13.0 Å². The van der Waals surface area contributed by atoms with Gasteiger partial charge in [0.15, 0.2) is 0 Å². The molecule has 0 aromatic heterocycles. The van der Waals surface area contributed by atoms with Crippen molar-refractivity contribution in [2.24, 2.45) is 0 Å². The smallest absolute Gasteiger partial charge is 0.242 e. The first kappa shape index (κ1) is 16.4. The van der Waals surface area contributed by atoms with Gasteiger partial charge in [-0.1, -0.05) is 22.4 Å². The molecule has 4 nitrogen and oxygen atoms in total. The highest BCUT2D eigenvalue weighted by atomic mass is 79.9. The van der Waals surface area contributed by atoms with Crippen molar-refractivity contribution in [3.05, 3.63) is 26.6 Å². The van der Waals surface area contributed by atoms with Gasteiger partial charge in [-0.05, 0) is 59.9 Å². The molecule has 1 atom stereocenters. The minimum Gasteiger partial charge on any atom is -0.315 e. The minimum absolute atomic E-state index is 0.0468. The second kappa shape index (κ2) is 6.87. The maximum absolute atomic E-state index is 12.5. The van der Waals surface area contributed by atoms with Crippen LogP contribution in [-0.2, 0) is 10.0 Å². The zero-order chi connectivity index (χ0) is 14.8. The third-order valence-corrected chi connectivity index (χ3v) is 6.70. The summed E-state index contributed by atoms with van der Waals surface area (Å²) in [6.45, 7) is 3.57. The van der Waals surface area contributed by atoms with E-state index in [9.17, 15) is 8.42 Å². The van der Waals surface area contributed by atoms with Crippen molar-refractivity contribution in [2.45, 2.75) is 37.1 Å². The highest BCUT2D eigenvalue weighted by Gasteiger charge is 2.23. The summed E-state index contributed by atoms with van der Waals surface area (Å²) >= 11 is 6.73. The molecule has 1 aromatic rings. The molecule has 0 radical (unpaired) electrons. The molecule has 2 N–H and O–H groups in total.